The highest BCUT2D eigenvalue weighted by Crippen LogP contribution is 2.25. The van der Waals surface area contributed by atoms with Gasteiger partial charge in [0.05, 0.1) is 5.56 Å². The summed E-state index contributed by atoms with van der Waals surface area (Å²) in [5.41, 5.74) is 3.29. The molecule has 0 radical (unpaired) electrons. The molecular formula is C23H30N4O2. The zero-order valence-electron chi connectivity index (χ0n) is 17.7. The number of rotatable bonds is 6. The van der Waals surface area contributed by atoms with E-state index in [1.807, 2.05) is 58.0 Å². The van der Waals surface area contributed by atoms with Gasteiger partial charge in [0.25, 0.3) is 5.91 Å². The van der Waals surface area contributed by atoms with Crippen LogP contribution in [0.1, 0.15) is 48.2 Å². The molecule has 1 fully saturated rings. The number of carbonyl (C=O) groups excluding carboxylic acids is 2. The quantitative estimate of drug-likeness (QED) is 0.815. The van der Waals surface area contributed by atoms with Gasteiger partial charge in [-0.1, -0.05) is 12.1 Å². The number of benzene rings is 1. The van der Waals surface area contributed by atoms with Crippen molar-refractivity contribution in [3.8, 4) is 0 Å². The molecule has 6 nitrogen and oxygen atoms in total. The molecule has 0 bridgehead atoms. The Morgan fingerprint density at radius 1 is 1.14 bits per heavy atom. The molecule has 0 saturated carbocycles. The Bertz CT molecular complexity index is 871. The summed E-state index contributed by atoms with van der Waals surface area (Å²) in [6.45, 7) is 9.76. The number of carbonyl (C=O) groups is 2. The first-order valence-electron chi connectivity index (χ1n) is 10.2. The standard InChI is InChI=1S/C23H30N4O2/c1-16(2)25-22(28)15-27(20-9-7-8-17(3)18(20)4)23(29)19-10-11-21(24-14-19)26-12-5-6-13-26/h7-11,14,16H,5-6,12-13,15H2,1-4H3,(H,25,28). The third-order valence-electron chi connectivity index (χ3n) is 5.29. The lowest BCUT2D eigenvalue weighted by Gasteiger charge is -2.25. The average molecular weight is 395 g/mol. The van der Waals surface area contributed by atoms with Crippen LogP contribution in [0.25, 0.3) is 0 Å². The zero-order valence-corrected chi connectivity index (χ0v) is 17.7. The van der Waals surface area contributed by atoms with Crippen LogP contribution in [-0.4, -0.2) is 42.5 Å². The van der Waals surface area contributed by atoms with E-state index in [2.05, 4.69) is 15.2 Å². The summed E-state index contributed by atoms with van der Waals surface area (Å²) in [5, 5.41) is 2.87. The number of aryl methyl sites for hydroxylation is 1. The van der Waals surface area contributed by atoms with Gasteiger partial charge in [-0.2, -0.15) is 0 Å². The number of amides is 2. The first kappa shape index (κ1) is 20.8. The normalized spacial score (nSPS) is 13.6. The van der Waals surface area contributed by atoms with Crippen molar-refractivity contribution in [1.29, 1.82) is 0 Å². The molecule has 0 spiro atoms. The molecule has 2 aromatic rings. The molecule has 1 aliphatic rings. The average Bonchev–Trinajstić information content (AvgIpc) is 3.22. The smallest absolute Gasteiger partial charge is 0.260 e. The van der Waals surface area contributed by atoms with Crippen molar-refractivity contribution in [3.05, 3.63) is 53.2 Å². The minimum atomic E-state index is -0.224. The minimum Gasteiger partial charge on any atom is -0.357 e. The lowest BCUT2D eigenvalue weighted by Crippen LogP contribution is -2.43. The second-order valence-corrected chi connectivity index (χ2v) is 7.93. The van der Waals surface area contributed by atoms with Crippen LogP contribution < -0.4 is 15.1 Å². The molecule has 29 heavy (non-hydrogen) atoms. The Balaban J connectivity index is 1.89. The van der Waals surface area contributed by atoms with Crippen molar-refractivity contribution in [3.63, 3.8) is 0 Å². The maximum atomic E-state index is 13.4. The van der Waals surface area contributed by atoms with Gasteiger partial charge in [0.2, 0.25) is 5.91 Å². The molecule has 154 valence electrons. The second-order valence-electron chi connectivity index (χ2n) is 7.93. The molecule has 3 rings (SSSR count). The van der Waals surface area contributed by atoms with Gasteiger partial charge in [0.15, 0.2) is 0 Å². The summed E-state index contributed by atoms with van der Waals surface area (Å²) >= 11 is 0. The van der Waals surface area contributed by atoms with Gasteiger partial charge in [-0.15, -0.1) is 0 Å². The predicted octanol–water partition coefficient (Wildman–Crippen LogP) is 3.47. The van der Waals surface area contributed by atoms with Crippen LogP contribution in [0.4, 0.5) is 11.5 Å². The molecule has 2 amide bonds. The second kappa shape index (κ2) is 9.07. The Morgan fingerprint density at radius 3 is 2.48 bits per heavy atom. The zero-order chi connectivity index (χ0) is 21.0. The monoisotopic (exact) mass is 394 g/mol. The van der Waals surface area contributed by atoms with Crippen molar-refractivity contribution in [2.45, 2.75) is 46.6 Å². The van der Waals surface area contributed by atoms with E-state index in [0.29, 0.717) is 5.56 Å². The largest absolute Gasteiger partial charge is 0.357 e. The van der Waals surface area contributed by atoms with E-state index in [1.54, 1.807) is 11.1 Å². The van der Waals surface area contributed by atoms with Gasteiger partial charge in [-0.05, 0) is 69.9 Å². The van der Waals surface area contributed by atoms with Gasteiger partial charge in [-0.25, -0.2) is 4.98 Å². The lowest BCUT2D eigenvalue weighted by molar-refractivity contribution is -0.120. The number of pyridine rings is 1. The maximum absolute atomic E-state index is 13.4. The van der Waals surface area contributed by atoms with E-state index in [-0.39, 0.29) is 24.4 Å². The summed E-state index contributed by atoms with van der Waals surface area (Å²) < 4.78 is 0. The van der Waals surface area contributed by atoms with Gasteiger partial charge in [0, 0.05) is 31.0 Å². The van der Waals surface area contributed by atoms with Gasteiger partial charge in [0.1, 0.15) is 12.4 Å². The van der Waals surface area contributed by atoms with Crippen molar-refractivity contribution in [2.24, 2.45) is 0 Å². The van der Waals surface area contributed by atoms with Crippen molar-refractivity contribution in [2.75, 3.05) is 29.4 Å². The third-order valence-corrected chi connectivity index (χ3v) is 5.29. The fourth-order valence-corrected chi connectivity index (χ4v) is 3.61. The van der Waals surface area contributed by atoms with E-state index in [9.17, 15) is 9.59 Å². The Morgan fingerprint density at radius 2 is 1.86 bits per heavy atom. The summed E-state index contributed by atoms with van der Waals surface area (Å²) in [5.74, 6) is 0.490. The van der Waals surface area contributed by atoms with Crippen molar-refractivity contribution < 1.29 is 9.59 Å². The van der Waals surface area contributed by atoms with E-state index in [1.165, 1.54) is 12.8 Å². The van der Waals surface area contributed by atoms with Crippen LogP contribution in [0.2, 0.25) is 0 Å². The molecule has 1 aromatic heterocycles. The maximum Gasteiger partial charge on any atom is 0.260 e. The molecule has 0 unspecified atom stereocenters. The van der Waals surface area contributed by atoms with Crippen LogP contribution >= 0.6 is 0 Å². The van der Waals surface area contributed by atoms with E-state index in [4.69, 9.17) is 0 Å². The number of aromatic nitrogens is 1. The van der Waals surface area contributed by atoms with Crippen LogP contribution in [0.15, 0.2) is 36.5 Å². The molecule has 0 atom stereocenters. The highest BCUT2D eigenvalue weighted by molar-refractivity contribution is 6.09. The van der Waals surface area contributed by atoms with Crippen molar-refractivity contribution in [1.82, 2.24) is 10.3 Å². The molecule has 2 heterocycles. The van der Waals surface area contributed by atoms with E-state index < -0.39 is 0 Å². The highest BCUT2D eigenvalue weighted by Gasteiger charge is 2.24. The SMILES string of the molecule is Cc1cccc(N(CC(=O)NC(C)C)C(=O)c2ccc(N3CCCC3)nc2)c1C. The number of nitrogens with zero attached hydrogens (tertiary/aromatic N) is 3. The summed E-state index contributed by atoms with van der Waals surface area (Å²) in [7, 11) is 0. The van der Waals surface area contributed by atoms with Gasteiger partial charge in [-0.3, -0.25) is 14.5 Å². The number of nitrogens with one attached hydrogen (secondary N) is 1. The summed E-state index contributed by atoms with van der Waals surface area (Å²) in [6, 6.07) is 9.51. The van der Waals surface area contributed by atoms with E-state index in [0.717, 1.165) is 35.7 Å². The third kappa shape index (κ3) is 4.94. The predicted molar refractivity (Wildman–Crippen MR) is 117 cm³/mol. The first-order chi connectivity index (χ1) is 13.9. The van der Waals surface area contributed by atoms with Gasteiger partial charge >= 0.3 is 0 Å². The molecule has 0 aliphatic carbocycles. The van der Waals surface area contributed by atoms with Crippen LogP contribution in [0, 0.1) is 13.8 Å². The molecule has 1 N–H and O–H groups in total. The molecule has 1 aliphatic heterocycles. The topological polar surface area (TPSA) is 65.5 Å². The fourth-order valence-electron chi connectivity index (χ4n) is 3.61. The van der Waals surface area contributed by atoms with Gasteiger partial charge < -0.3 is 10.2 Å². The fraction of sp³-hybridized carbons (Fsp3) is 0.435. The summed E-state index contributed by atoms with van der Waals surface area (Å²) in [4.78, 5) is 34.1. The summed E-state index contributed by atoms with van der Waals surface area (Å²) in [6.07, 6.45) is 3.97. The molecular weight excluding hydrogens is 364 g/mol. The highest BCUT2D eigenvalue weighted by atomic mass is 16.2. The Labute approximate surface area is 172 Å². The lowest BCUT2D eigenvalue weighted by atomic mass is 10.1. The van der Waals surface area contributed by atoms with E-state index >= 15 is 0 Å². The van der Waals surface area contributed by atoms with Crippen LogP contribution in [0.5, 0.6) is 0 Å². The number of anilines is 2. The van der Waals surface area contributed by atoms with Crippen LogP contribution in [-0.2, 0) is 4.79 Å². The number of hydrogen-bond acceptors (Lipinski definition) is 4. The Hall–Kier alpha value is -2.89. The van der Waals surface area contributed by atoms with Crippen LogP contribution in [0.3, 0.4) is 0 Å². The molecule has 1 aromatic carbocycles. The minimum absolute atomic E-state index is 0.0134. The molecule has 6 heteroatoms. The Kier molecular flexibility index (Phi) is 6.52. The molecule has 1 saturated heterocycles. The number of hydrogen-bond donors (Lipinski definition) is 1. The van der Waals surface area contributed by atoms with Crippen molar-refractivity contribution >= 4 is 23.3 Å². The first-order valence-corrected chi connectivity index (χ1v) is 10.2.